The van der Waals surface area contributed by atoms with E-state index in [1.807, 2.05) is 0 Å². The second kappa shape index (κ2) is 6.03. The van der Waals surface area contributed by atoms with Gasteiger partial charge in [-0.1, -0.05) is 6.08 Å². The quantitative estimate of drug-likeness (QED) is 0.501. The Morgan fingerprint density at radius 3 is 2.88 bits per heavy atom. The molecular formula is C11H16N2O4. The third-order valence-corrected chi connectivity index (χ3v) is 2.52. The minimum absolute atomic E-state index is 0.150. The van der Waals surface area contributed by atoms with Crippen molar-refractivity contribution in [3.05, 3.63) is 12.7 Å². The predicted molar refractivity (Wildman–Crippen MR) is 59.9 cm³/mol. The van der Waals surface area contributed by atoms with Gasteiger partial charge in [-0.2, -0.15) is 0 Å². The molecule has 6 nitrogen and oxygen atoms in total. The summed E-state index contributed by atoms with van der Waals surface area (Å²) in [5, 5.41) is 5.06. The molecule has 1 heterocycles. The lowest BCUT2D eigenvalue weighted by Crippen LogP contribution is -2.48. The van der Waals surface area contributed by atoms with Crippen LogP contribution in [0.2, 0.25) is 0 Å². The first-order valence-corrected chi connectivity index (χ1v) is 5.37. The first-order valence-electron chi connectivity index (χ1n) is 5.37. The van der Waals surface area contributed by atoms with Crippen molar-refractivity contribution in [2.75, 3.05) is 7.11 Å². The lowest BCUT2D eigenvalue weighted by atomic mass is 10.1. The van der Waals surface area contributed by atoms with Crippen molar-refractivity contribution in [2.45, 2.75) is 31.3 Å². The van der Waals surface area contributed by atoms with Crippen molar-refractivity contribution >= 4 is 17.8 Å². The summed E-state index contributed by atoms with van der Waals surface area (Å²) >= 11 is 0. The summed E-state index contributed by atoms with van der Waals surface area (Å²) < 4.78 is 4.56. The number of hydrogen-bond acceptors (Lipinski definition) is 4. The lowest BCUT2D eigenvalue weighted by Gasteiger charge is -2.17. The summed E-state index contributed by atoms with van der Waals surface area (Å²) in [4.78, 5) is 34.0. The average molecular weight is 240 g/mol. The molecule has 0 aliphatic carbocycles. The van der Waals surface area contributed by atoms with Gasteiger partial charge in [0.15, 0.2) is 0 Å². The number of ether oxygens (including phenoxy) is 1. The molecule has 2 amide bonds. The molecule has 1 saturated heterocycles. The van der Waals surface area contributed by atoms with Crippen molar-refractivity contribution in [2.24, 2.45) is 0 Å². The molecule has 2 atom stereocenters. The monoisotopic (exact) mass is 240 g/mol. The van der Waals surface area contributed by atoms with Crippen molar-refractivity contribution < 1.29 is 19.1 Å². The van der Waals surface area contributed by atoms with Crippen LogP contribution in [0.25, 0.3) is 0 Å². The van der Waals surface area contributed by atoms with Gasteiger partial charge in [-0.3, -0.25) is 9.59 Å². The largest absolute Gasteiger partial charge is 0.467 e. The molecule has 1 aliphatic rings. The molecule has 0 aromatic carbocycles. The molecule has 0 saturated carbocycles. The minimum Gasteiger partial charge on any atom is -0.467 e. The van der Waals surface area contributed by atoms with E-state index in [0.717, 1.165) is 0 Å². The molecule has 6 heteroatoms. The van der Waals surface area contributed by atoms with Gasteiger partial charge in [0.1, 0.15) is 12.1 Å². The van der Waals surface area contributed by atoms with Crippen LogP contribution in [0.1, 0.15) is 19.3 Å². The lowest BCUT2D eigenvalue weighted by molar-refractivity contribution is -0.145. The van der Waals surface area contributed by atoms with E-state index >= 15 is 0 Å². The molecular weight excluding hydrogens is 224 g/mol. The zero-order valence-electron chi connectivity index (χ0n) is 9.69. The van der Waals surface area contributed by atoms with Crippen molar-refractivity contribution in [3.8, 4) is 0 Å². The number of carbonyl (C=O) groups is 3. The van der Waals surface area contributed by atoms with E-state index in [0.29, 0.717) is 19.3 Å². The number of methoxy groups -OCH3 is 1. The number of hydrogen-bond donors (Lipinski definition) is 2. The fourth-order valence-electron chi connectivity index (χ4n) is 1.61. The SMILES string of the molecule is C=CC[C@@H](NC(=O)[C@@H]1CCC(=O)N1)C(=O)OC. The van der Waals surface area contributed by atoms with Crippen molar-refractivity contribution in [1.29, 1.82) is 0 Å². The predicted octanol–water partition coefficient (Wildman–Crippen LogP) is -0.501. The first-order chi connectivity index (χ1) is 8.08. The van der Waals surface area contributed by atoms with Gasteiger partial charge in [0, 0.05) is 6.42 Å². The topological polar surface area (TPSA) is 84.5 Å². The van der Waals surface area contributed by atoms with Crippen LogP contribution >= 0.6 is 0 Å². The number of amides is 2. The van der Waals surface area contributed by atoms with E-state index < -0.39 is 18.1 Å². The average Bonchev–Trinajstić information content (AvgIpc) is 2.74. The normalized spacial score (nSPS) is 20.3. The molecule has 1 rings (SSSR count). The van der Waals surface area contributed by atoms with Crippen LogP contribution in [0.4, 0.5) is 0 Å². The van der Waals surface area contributed by atoms with E-state index in [4.69, 9.17) is 0 Å². The Morgan fingerprint density at radius 1 is 1.71 bits per heavy atom. The van der Waals surface area contributed by atoms with Crippen LogP contribution in [0, 0.1) is 0 Å². The fraction of sp³-hybridized carbons (Fsp3) is 0.545. The molecule has 17 heavy (non-hydrogen) atoms. The standard InChI is InChI=1S/C11H16N2O4/c1-3-4-8(11(16)17-2)13-10(15)7-5-6-9(14)12-7/h3,7-8H,1,4-6H2,2H3,(H,12,14)(H,13,15)/t7-,8+/m0/s1. The summed E-state index contributed by atoms with van der Waals surface area (Å²) in [6.45, 7) is 3.51. The van der Waals surface area contributed by atoms with E-state index in [-0.39, 0.29) is 11.8 Å². The van der Waals surface area contributed by atoms with Crippen LogP contribution < -0.4 is 10.6 Å². The second-order valence-electron chi connectivity index (χ2n) is 3.77. The van der Waals surface area contributed by atoms with Gasteiger partial charge in [0.2, 0.25) is 11.8 Å². The zero-order valence-corrected chi connectivity index (χ0v) is 9.69. The Labute approximate surface area is 99.4 Å². The molecule has 94 valence electrons. The van der Waals surface area contributed by atoms with Crippen LogP contribution in [0.5, 0.6) is 0 Å². The van der Waals surface area contributed by atoms with E-state index in [1.54, 1.807) is 0 Å². The maximum absolute atomic E-state index is 11.7. The molecule has 0 bridgehead atoms. The summed E-state index contributed by atoms with van der Waals surface area (Å²) in [5.41, 5.74) is 0. The molecule has 2 N–H and O–H groups in total. The maximum Gasteiger partial charge on any atom is 0.328 e. The van der Waals surface area contributed by atoms with Gasteiger partial charge in [0.25, 0.3) is 0 Å². The third kappa shape index (κ3) is 3.58. The Balaban J connectivity index is 2.54. The van der Waals surface area contributed by atoms with Crippen LogP contribution in [-0.4, -0.2) is 37.0 Å². The van der Waals surface area contributed by atoms with E-state index in [9.17, 15) is 14.4 Å². The summed E-state index contributed by atoms with van der Waals surface area (Å²) in [5.74, 6) is -1.04. The molecule has 0 radical (unpaired) electrons. The van der Waals surface area contributed by atoms with Crippen LogP contribution in [-0.2, 0) is 19.1 Å². The number of esters is 1. The van der Waals surface area contributed by atoms with Crippen molar-refractivity contribution in [1.82, 2.24) is 10.6 Å². The number of carbonyl (C=O) groups excluding carboxylic acids is 3. The third-order valence-electron chi connectivity index (χ3n) is 2.52. The van der Waals surface area contributed by atoms with Gasteiger partial charge in [0.05, 0.1) is 7.11 Å². The van der Waals surface area contributed by atoms with Crippen LogP contribution in [0.15, 0.2) is 12.7 Å². The highest BCUT2D eigenvalue weighted by molar-refractivity contribution is 5.93. The Hall–Kier alpha value is -1.85. The van der Waals surface area contributed by atoms with E-state index in [1.165, 1.54) is 13.2 Å². The maximum atomic E-state index is 11.7. The number of nitrogens with one attached hydrogen (secondary N) is 2. The smallest absolute Gasteiger partial charge is 0.328 e. The molecule has 1 fully saturated rings. The molecule has 0 unspecified atom stereocenters. The summed E-state index contributed by atoms with van der Waals surface area (Å²) in [7, 11) is 1.25. The first kappa shape index (κ1) is 13.2. The van der Waals surface area contributed by atoms with Crippen molar-refractivity contribution in [3.63, 3.8) is 0 Å². The molecule has 0 spiro atoms. The Kier molecular flexibility index (Phi) is 4.68. The van der Waals surface area contributed by atoms with Crippen LogP contribution in [0.3, 0.4) is 0 Å². The Morgan fingerprint density at radius 2 is 2.41 bits per heavy atom. The van der Waals surface area contributed by atoms with Gasteiger partial charge in [-0.25, -0.2) is 4.79 Å². The van der Waals surface area contributed by atoms with Gasteiger partial charge < -0.3 is 15.4 Å². The highest BCUT2D eigenvalue weighted by Gasteiger charge is 2.30. The minimum atomic E-state index is -0.748. The highest BCUT2D eigenvalue weighted by Crippen LogP contribution is 2.07. The number of rotatable bonds is 5. The molecule has 0 aromatic rings. The van der Waals surface area contributed by atoms with Gasteiger partial charge in [-0.05, 0) is 12.8 Å². The van der Waals surface area contributed by atoms with Gasteiger partial charge >= 0.3 is 5.97 Å². The molecule has 0 aromatic heterocycles. The van der Waals surface area contributed by atoms with E-state index in [2.05, 4.69) is 21.9 Å². The van der Waals surface area contributed by atoms with Gasteiger partial charge in [-0.15, -0.1) is 6.58 Å². The Bertz CT molecular complexity index is 340. The fourth-order valence-corrected chi connectivity index (χ4v) is 1.61. The molecule has 1 aliphatic heterocycles. The summed E-state index contributed by atoms with van der Waals surface area (Å²) in [6, 6.07) is -1.30. The second-order valence-corrected chi connectivity index (χ2v) is 3.77. The highest BCUT2D eigenvalue weighted by atomic mass is 16.5. The summed E-state index contributed by atoms with van der Waals surface area (Å²) in [6.07, 6.45) is 2.60. The zero-order chi connectivity index (χ0) is 12.8.